The number of carbonyl (C=O) groups is 2. The van der Waals surface area contributed by atoms with Crippen molar-refractivity contribution in [2.75, 3.05) is 6.61 Å². The lowest BCUT2D eigenvalue weighted by molar-refractivity contribution is -0.141. The molecule has 1 aromatic carbocycles. The van der Waals surface area contributed by atoms with Gasteiger partial charge in [-0.25, -0.2) is 9.59 Å². The Kier molecular flexibility index (Phi) is 6.80. The van der Waals surface area contributed by atoms with Crippen LogP contribution in [-0.4, -0.2) is 35.4 Å². The molecule has 1 atom stereocenters. The van der Waals surface area contributed by atoms with Gasteiger partial charge in [-0.15, -0.1) is 0 Å². The average Bonchev–Trinajstić information content (AvgIpc) is 2.43. The first-order valence-corrected chi connectivity index (χ1v) is 7.34. The van der Waals surface area contributed by atoms with Gasteiger partial charge in [0.1, 0.15) is 5.60 Å². The number of carboxylic acid groups (broad SMARTS) is 1. The second-order valence-corrected chi connectivity index (χ2v) is 6.25. The van der Waals surface area contributed by atoms with Crippen molar-refractivity contribution in [1.82, 2.24) is 5.32 Å². The Bertz CT molecular complexity index is 593. The van der Waals surface area contributed by atoms with Crippen LogP contribution in [0.4, 0.5) is 18.0 Å². The Labute approximate surface area is 142 Å². The van der Waals surface area contributed by atoms with E-state index in [1.54, 1.807) is 20.8 Å². The van der Waals surface area contributed by atoms with Crippen LogP contribution in [0, 0.1) is 0 Å². The number of hydrogen-bond donors (Lipinski definition) is 2. The first-order valence-electron chi connectivity index (χ1n) is 7.34. The maximum atomic E-state index is 12.5. The summed E-state index contributed by atoms with van der Waals surface area (Å²) in [6.45, 7) is 4.42. The highest BCUT2D eigenvalue weighted by Crippen LogP contribution is 2.29. The van der Waals surface area contributed by atoms with Gasteiger partial charge in [-0.3, -0.25) is 0 Å². The molecule has 0 bridgehead atoms. The molecule has 0 saturated carbocycles. The maximum absolute atomic E-state index is 12.5. The fourth-order valence-corrected chi connectivity index (χ4v) is 1.71. The van der Waals surface area contributed by atoms with Gasteiger partial charge in [0.05, 0.1) is 18.8 Å². The summed E-state index contributed by atoms with van der Waals surface area (Å²) in [4.78, 5) is 22.7. The first-order chi connectivity index (χ1) is 11.4. The number of halogens is 3. The molecule has 0 fully saturated rings. The fraction of sp³-hybridized carbons (Fsp3) is 0.500. The highest BCUT2D eigenvalue weighted by Gasteiger charge is 2.30. The second-order valence-electron chi connectivity index (χ2n) is 6.25. The molecule has 0 spiro atoms. The number of alkyl halides is 3. The molecule has 6 nitrogen and oxygen atoms in total. The summed E-state index contributed by atoms with van der Waals surface area (Å²) in [5.41, 5.74) is -1.13. The molecular weight excluding hydrogens is 343 g/mol. The summed E-state index contributed by atoms with van der Waals surface area (Å²) in [6, 6.07) is 2.95. The van der Waals surface area contributed by atoms with E-state index >= 15 is 0 Å². The number of carboxylic acids is 1. The number of rotatable bonds is 6. The largest absolute Gasteiger partial charge is 0.480 e. The Morgan fingerprint density at radius 3 is 2.16 bits per heavy atom. The van der Waals surface area contributed by atoms with E-state index in [-0.39, 0.29) is 13.2 Å². The quantitative estimate of drug-likeness (QED) is 0.811. The second kappa shape index (κ2) is 8.19. The van der Waals surface area contributed by atoms with Gasteiger partial charge in [-0.05, 0) is 38.5 Å². The smallest absolute Gasteiger partial charge is 0.416 e. The molecule has 140 valence electrons. The van der Waals surface area contributed by atoms with Crippen molar-refractivity contribution in [1.29, 1.82) is 0 Å². The van der Waals surface area contributed by atoms with Crippen LogP contribution in [-0.2, 0) is 27.1 Å². The van der Waals surface area contributed by atoms with Crippen molar-refractivity contribution >= 4 is 12.1 Å². The standard InChI is InChI=1S/C16H20F3NO5/c1-15(2,3)25-14(23)20-12(13(21)22)9-24-8-10-4-6-11(7-5-10)16(17,18)19/h4-7,12H,8-9H2,1-3H3,(H,20,23)(H,21,22)/t12-/m1/s1. The van der Waals surface area contributed by atoms with E-state index in [1.165, 1.54) is 12.1 Å². The van der Waals surface area contributed by atoms with Crippen molar-refractivity contribution in [3.63, 3.8) is 0 Å². The van der Waals surface area contributed by atoms with E-state index in [4.69, 9.17) is 14.6 Å². The van der Waals surface area contributed by atoms with Crippen LogP contribution in [0.25, 0.3) is 0 Å². The molecule has 1 rings (SSSR count). The van der Waals surface area contributed by atoms with Crippen molar-refractivity contribution in [3.05, 3.63) is 35.4 Å². The monoisotopic (exact) mass is 363 g/mol. The van der Waals surface area contributed by atoms with Crippen LogP contribution in [0.5, 0.6) is 0 Å². The van der Waals surface area contributed by atoms with Gasteiger partial charge in [0.25, 0.3) is 0 Å². The molecule has 0 aliphatic carbocycles. The van der Waals surface area contributed by atoms with Crippen LogP contribution in [0.2, 0.25) is 0 Å². The number of carbonyl (C=O) groups excluding carboxylic acids is 1. The Morgan fingerprint density at radius 1 is 1.16 bits per heavy atom. The zero-order valence-electron chi connectivity index (χ0n) is 14.0. The molecule has 0 aliphatic rings. The van der Waals surface area contributed by atoms with Gasteiger partial charge in [-0.2, -0.15) is 13.2 Å². The molecule has 0 unspecified atom stereocenters. The Balaban J connectivity index is 2.53. The van der Waals surface area contributed by atoms with Crippen molar-refractivity contribution in [3.8, 4) is 0 Å². The zero-order chi connectivity index (χ0) is 19.3. The molecule has 0 aromatic heterocycles. The fourth-order valence-electron chi connectivity index (χ4n) is 1.71. The third-order valence-electron chi connectivity index (χ3n) is 2.82. The number of amides is 1. The minimum absolute atomic E-state index is 0.0993. The van der Waals surface area contributed by atoms with Crippen LogP contribution in [0.3, 0.4) is 0 Å². The molecule has 9 heteroatoms. The highest BCUT2D eigenvalue weighted by molar-refractivity contribution is 5.80. The molecule has 25 heavy (non-hydrogen) atoms. The van der Waals surface area contributed by atoms with Gasteiger partial charge in [-0.1, -0.05) is 12.1 Å². The SMILES string of the molecule is CC(C)(C)OC(=O)N[C@H](COCc1ccc(C(F)(F)F)cc1)C(=O)O. The highest BCUT2D eigenvalue weighted by atomic mass is 19.4. The number of hydrogen-bond acceptors (Lipinski definition) is 4. The lowest BCUT2D eigenvalue weighted by atomic mass is 10.1. The van der Waals surface area contributed by atoms with Crippen LogP contribution in [0.1, 0.15) is 31.9 Å². The molecule has 1 amide bonds. The van der Waals surface area contributed by atoms with Gasteiger partial charge < -0.3 is 19.9 Å². The molecule has 0 radical (unpaired) electrons. The van der Waals surface area contributed by atoms with Crippen LogP contribution < -0.4 is 5.32 Å². The van der Waals surface area contributed by atoms with Gasteiger partial charge in [0, 0.05) is 0 Å². The van der Waals surface area contributed by atoms with Crippen LogP contribution >= 0.6 is 0 Å². The number of alkyl carbamates (subject to hydrolysis) is 1. The topological polar surface area (TPSA) is 84.9 Å². The summed E-state index contributed by atoms with van der Waals surface area (Å²) in [5, 5.41) is 11.2. The lowest BCUT2D eigenvalue weighted by Crippen LogP contribution is -2.46. The van der Waals surface area contributed by atoms with Crippen molar-refractivity contribution in [2.45, 2.75) is 45.2 Å². The molecular formula is C16H20F3NO5. The normalized spacial score (nSPS) is 13.2. The molecule has 1 aromatic rings. The predicted molar refractivity (Wildman–Crippen MR) is 81.9 cm³/mol. The first kappa shape index (κ1) is 20.8. The predicted octanol–water partition coefficient (Wildman–Crippen LogP) is 3.20. The summed E-state index contributed by atoms with van der Waals surface area (Å²) < 4.78 is 47.5. The Morgan fingerprint density at radius 2 is 1.72 bits per heavy atom. The third kappa shape index (κ3) is 7.88. The van der Waals surface area contributed by atoms with E-state index in [9.17, 15) is 22.8 Å². The Hall–Kier alpha value is -2.29. The summed E-state index contributed by atoms with van der Waals surface area (Å²) in [5.74, 6) is -1.32. The maximum Gasteiger partial charge on any atom is 0.416 e. The van der Waals surface area contributed by atoms with Gasteiger partial charge in [0.2, 0.25) is 0 Å². The summed E-state index contributed by atoms with van der Waals surface area (Å²) >= 11 is 0. The van der Waals surface area contributed by atoms with Crippen LogP contribution in [0.15, 0.2) is 24.3 Å². The summed E-state index contributed by atoms with van der Waals surface area (Å²) in [6.07, 6.45) is -5.33. The number of benzene rings is 1. The summed E-state index contributed by atoms with van der Waals surface area (Å²) in [7, 11) is 0. The minimum Gasteiger partial charge on any atom is -0.480 e. The molecule has 0 saturated heterocycles. The van der Waals surface area contributed by atoms with Crippen molar-refractivity contribution in [2.24, 2.45) is 0 Å². The molecule has 2 N–H and O–H groups in total. The molecule has 0 aliphatic heterocycles. The molecule has 0 heterocycles. The van der Waals surface area contributed by atoms with Gasteiger partial charge >= 0.3 is 18.2 Å². The zero-order valence-corrected chi connectivity index (χ0v) is 14.0. The number of nitrogens with one attached hydrogen (secondary N) is 1. The van der Waals surface area contributed by atoms with E-state index in [2.05, 4.69) is 5.32 Å². The van der Waals surface area contributed by atoms with Crippen molar-refractivity contribution < 1.29 is 37.3 Å². The van der Waals surface area contributed by atoms with E-state index in [0.717, 1.165) is 12.1 Å². The van der Waals surface area contributed by atoms with Gasteiger partial charge in [0.15, 0.2) is 6.04 Å². The third-order valence-corrected chi connectivity index (χ3v) is 2.82. The van der Waals surface area contributed by atoms with E-state index in [1.807, 2.05) is 0 Å². The minimum atomic E-state index is -4.43. The number of ether oxygens (including phenoxy) is 2. The van der Waals surface area contributed by atoms with E-state index < -0.39 is 35.4 Å². The average molecular weight is 363 g/mol. The van der Waals surface area contributed by atoms with E-state index in [0.29, 0.717) is 5.56 Å². The lowest BCUT2D eigenvalue weighted by Gasteiger charge is -2.22. The number of aliphatic carboxylic acids is 1.